The summed E-state index contributed by atoms with van der Waals surface area (Å²) in [5, 5.41) is 3.82. The Balaban J connectivity index is 1.41. The van der Waals surface area contributed by atoms with Crippen LogP contribution in [0.3, 0.4) is 0 Å². The predicted molar refractivity (Wildman–Crippen MR) is 99.7 cm³/mol. The zero-order chi connectivity index (χ0) is 20.6. The number of carbonyl (C=O) groups excluding carboxylic acids is 2. The quantitative estimate of drug-likeness (QED) is 0.537. The highest BCUT2D eigenvalue weighted by atomic mass is 19.1. The molecule has 0 spiro atoms. The molecule has 1 amide bonds. The Morgan fingerprint density at radius 1 is 1.21 bits per heavy atom. The Morgan fingerprint density at radius 2 is 2.07 bits per heavy atom. The number of benzene rings is 1. The maximum absolute atomic E-state index is 13.2. The summed E-state index contributed by atoms with van der Waals surface area (Å²) in [6.07, 6.45) is 1.79. The fourth-order valence-corrected chi connectivity index (χ4v) is 2.49. The third-order valence-electron chi connectivity index (χ3n) is 4.00. The first-order valence-electron chi connectivity index (χ1n) is 8.89. The number of aryl methyl sites for hydroxylation is 1. The van der Waals surface area contributed by atoms with E-state index in [9.17, 15) is 14.0 Å². The van der Waals surface area contributed by atoms with E-state index >= 15 is 0 Å². The van der Waals surface area contributed by atoms with E-state index in [0.29, 0.717) is 17.1 Å². The molecule has 0 aliphatic heterocycles. The van der Waals surface area contributed by atoms with Crippen molar-refractivity contribution in [3.05, 3.63) is 65.9 Å². The van der Waals surface area contributed by atoms with E-state index in [1.165, 1.54) is 17.0 Å². The molecular weight excluding hydrogens is 379 g/mol. The van der Waals surface area contributed by atoms with Gasteiger partial charge >= 0.3 is 5.97 Å². The van der Waals surface area contributed by atoms with Crippen molar-refractivity contribution in [3.8, 4) is 11.5 Å². The van der Waals surface area contributed by atoms with Crippen molar-refractivity contribution in [1.29, 1.82) is 0 Å². The van der Waals surface area contributed by atoms with Crippen LogP contribution < -0.4 is 0 Å². The van der Waals surface area contributed by atoms with Crippen LogP contribution in [0.1, 0.15) is 17.9 Å². The summed E-state index contributed by atoms with van der Waals surface area (Å²) in [4.78, 5) is 33.6. The minimum Gasteiger partial charge on any atom is -0.456 e. The van der Waals surface area contributed by atoms with Gasteiger partial charge in [0.05, 0.1) is 6.42 Å². The number of hydrogen-bond donors (Lipinski definition) is 0. The molecule has 0 aliphatic rings. The Hall–Kier alpha value is -3.62. The minimum absolute atomic E-state index is 0.00918. The van der Waals surface area contributed by atoms with Gasteiger partial charge in [-0.05, 0) is 29.8 Å². The molecule has 0 bridgehead atoms. The van der Waals surface area contributed by atoms with Gasteiger partial charge in [-0.1, -0.05) is 23.4 Å². The van der Waals surface area contributed by atoms with Gasteiger partial charge in [-0.3, -0.25) is 14.6 Å². The number of hydrogen-bond acceptors (Lipinski definition) is 7. The number of pyridine rings is 1. The normalized spacial score (nSPS) is 10.6. The highest BCUT2D eigenvalue weighted by molar-refractivity contribution is 5.80. The summed E-state index contributed by atoms with van der Waals surface area (Å²) in [7, 11) is 1.55. The number of nitrogens with zero attached hydrogens (tertiary/aromatic N) is 4. The van der Waals surface area contributed by atoms with Crippen molar-refractivity contribution in [2.75, 3.05) is 13.7 Å². The summed E-state index contributed by atoms with van der Waals surface area (Å²) in [6.45, 7) is -0.180. The van der Waals surface area contributed by atoms with Crippen LogP contribution in [0, 0.1) is 5.82 Å². The van der Waals surface area contributed by atoms with Crippen molar-refractivity contribution in [2.45, 2.75) is 19.4 Å². The van der Waals surface area contributed by atoms with E-state index in [1.54, 1.807) is 43.6 Å². The van der Waals surface area contributed by atoms with E-state index < -0.39 is 18.5 Å². The first-order chi connectivity index (χ1) is 14.0. The summed E-state index contributed by atoms with van der Waals surface area (Å²) >= 11 is 0. The molecule has 3 aromatic rings. The second-order valence-corrected chi connectivity index (χ2v) is 6.27. The molecule has 0 fully saturated rings. The van der Waals surface area contributed by atoms with E-state index in [-0.39, 0.29) is 31.1 Å². The molecule has 2 aromatic heterocycles. The number of rotatable bonds is 8. The number of likely N-dealkylation sites (N-methyl/N-ethyl adjacent to an activating group) is 1. The Bertz CT molecular complexity index is 977. The molecule has 150 valence electrons. The van der Waals surface area contributed by atoms with Crippen molar-refractivity contribution >= 4 is 11.9 Å². The lowest BCUT2D eigenvalue weighted by Gasteiger charge is -2.17. The Labute approximate surface area is 166 Å². The fraction of sp³-hybridized carbons (Fsp3) is 0.250. The third kappa shape index (κ3) is 5.93. The van der Waals surface area contributed by atoms with Crippen LogP contribution in [0.4, 0.5) is 4.39 Å². The summed E-state index contributed by atoms with van der Waals surface area (Å²) in [6, 6.07) is 11.3. The van der Waals surface area contributed by atoms with Crippen molar-refractivity contribution < 1.29 is 23.2 Å². The van der Waals surface area contributed by atoms with Crippen LogP contribution in [0.25, 0.3) is 11.5 Å². The van der Waals surface area contributed by atoms with Crippen LogP contribution in [0.15, 0.2) is 53.2 Å². The maximum Gasteiger partial charge on any atom is 0.306 e. The van der Waals surface area contributed by atoms with Gasteiger partial charge in [-0.25, -0.2) is 4.39 Å². The topological polar surface area (TPSA) is 98.4 Å². The molecule has 3 rings (SSSR count). The largest absolute Gasteiger partial charge is 0.456 e. The molecule has 0 N–H and O–H groups in total. The highest BCUT2D eigenvalue weighted by Gasteiger charge is 2.15. The summed E-state index contributed by atoms with van der Waals surface area (Å²) < 4.78 is 23.3. The Kier molecular flexibility index (Phi) is 6.62. The number of halogens is 1. The van der Waals surface area contributed by atoms with Crippen molar-refractivity contribution in [2.24, 2.45) is 0 Å². The maximum atomic E-state index is 13.2. The van der Waals surface area contributed by atoms with Gasteiger partial charge in [-0.15, -0.1) is 0 Å². The smallest absolute Gasteiger partial charge is 0.306 e. The lowest BCUT2D eigenvalue weighted by atomic mass is 10.2. The molecule has 0 saturated carbocycles. The van der Waals surface area contributed by atoms with Gasteiger partial charge in [0.1, 0.15) is 11.5 Å². The predicted octanol–water partition coefficient (Wildman–Crippen LogP) is 2.41. The minimum atomic E-state index is -0.560. The average molecular weight is 398 g/mol. The SMILES string of the molecule is CN(Cc1cccc(F)c1)C(=O)COC(=O)CCc1nc(-c2ccccn2)no1. The van der Waals surface area contributed by atoms with Gasteiger partial charge in [0.15, 0.2) is 6.61 Å². The van der Waals surface area contributed by atoms with Gasteiger partial charge in [0.2, 0.25) is 11.7 Å². The first kappa shape index (κ1) is 20.1. The zero-order valence-corrected chi connectivity index (χ0v) is 15.7. The van der Waals surface area contributed by atoms with Crippen LogP contribution in [-0.4, -0.2) is 45.6 Å². The van der Waals surface area contributed by atoms with E-state index in [0.717, 1.165) is 0 Å². The van der Waals surface area contributed by atoms with E-state index in [1.807, 2.05) is 0 Å². The van der Waals surface area contributed by atoms with Gasteiger partial charge in [0.25, 0.3) is 5.91 Å². The molecule has 0 saturated heterocycles. The molecule has 0 radical (unpaired) electrons. The lowest BCUT2D eigenvalue weighted by molar-refractivity contribution is -0.151. The molecule has 0 unspecified atom stereocenters. The Morgan fingerprint density at radius 3 is 2.83 bits per heavy atom. The molecule has 0 atom stereocenters. The molecule has 0 aliphatic carbocycles. The van der Waals surface area contributed by atoms with Crippen molar-refractivity contribution in [1.82, 2.24) is 20.0 Å². The van der Waals surface area contributed by atoms with Gasteiger partial charge in [-0.2, -0.15) is 4.98 Å². The fourth-order valence-electron chi connectivity index (χ4n) is 2.49. The lowest BCUT2D eigenvalue weighted by Crippen LogP contribution is -2.30. The third-order valence-corrected chi connectivity index (χ3v) is 4.00. The van der Waals surface area contributed by atoms with Gasteiger partial charge < -0.3 is 14.2 Å². The zero-order valence-electron chi connectivity index (χ0n) is 15.7. The van der Waals surface area contributed by atoms with Crippen molar-refractivity contribution in [3.63, 3.8) is 0 Å². The standard InChI is InChI=1S/C20H19FN4O4/c1-25(12-14-5-4-6-15(21)11-14)18(26)13-28-19(27)9-8-17-23-20(24-29-17)16-7-2-3-10-22-16/h2-7,10-11H,8-9,12-13H2,1H3. The van der Waals surface area contributed by atoms with Gasteiger partial charge in [0, 0.05) is 26.2 Å². The van der Waals surface area contributed by atoms with Crippen LogP contribution in [0.2, 0.25) is 0 Å². The van der Waals surface area contributed by atoms with Crippen LogP contribution >= 0.6 is 0 Å². The molecule has 2 heterocycles. The van der Waals surface area contributed by atoms with Crippen LogP contribution in [0.5, 0.6) is 0 Å². The molecule has 1 aromatic carbocycles. The molecule has 8 nitrogen and oxygen atoms in total. The highest BCUT2D eigenvalue weighted by Crippen LogP contribution is 2.13. The second-order valence-electron chi connectivity index (χ2n) is 6.27. The summed E-state index contributed by atoms with van der Waals surface area (Å²) in [5.41, 5.74) is 1.21. The number of esters is 1. The molecular formula is C20H19FN4O4. The number of amides is 1. The van der Waals surface area contributed by atoms with E-state index in [2.05, 4.69) is 15.1 Å². The van der Waals surface area contributed by atoms with E-state index in [4.69, 9.17) is 9.26 Å². The monoisotopic (exact) mass is 398 g/mol. The summed E-state index contributed by atoms with van der Waals surface area (Å²) in [5.74, 6) is -0.713. The van der Waals surface area contributed by atoms with Crippen LogP contribution in [-0.2, 0) is 27.3 Å². The molecule has 29 heavy (non-hydrogen) atoms. The number of aromatic nitrogens is 3. The molecule has 9 heteroatoms. The first-order valence-corrected chi connectivity index (χ1v) is 8.89. The second kappa shape index (κ2) is 9.54. The average Bonchev–Trinajstić information content (AvgIpc) is 3.20. The number of carbonyl (C=O) groups is 2. The number of ether oxygens (including phenoxy) is 1.